The number of nitrogens with zero attached hydrogens (tertiary/aromatic N) is 1. The summed E-state index contributed by atoms with van der Waals surface area (Å²) in [6.07, 6.45) is 0.557. The Morgan fingerprint density at radius 1 is 1.53 bits per heavy atom. The van der Waals surface area contributed by atoms with E-state index >= 15 is 0 Å². The number of thioether (sulfide) groups is 1. The van der Waals surface area contributed by atoms with Crippen LogP contribution in [0.1, 0.15) is 16.8 Å². The molecular weight excluding hydrogens is 292 g/mol. The average Bonchev–Trinajstić information content (AvgIpc) is 2.75. The highest BCUT2D eigenvalue weighted by Crippen LogP contribution is 2.24. The van der Waals surface area contributed by atoms with Crippen molar-refractivity contribution in [3.05, 3.63) is 38.9 Å². The van der Waals surface area contributed by atoms with Gasteiger partial charge in [-0.05, 0) is 12.5 Å². The van der Waals surface area contributed by atoms with Crippen LogP contribution in [-0.2, 0) is 4.79 Å². The van der Waals surface area contributed by atoms with Crippen LogP contribution in [0.25, 0.3) is 0 Å². The van der Waals surface area contributed by atoms with E-state index in [9.17, 15) is 19.7 Å². The Kier molecular flexibility index (Phi) is 4.06. The normalized spacial score (nSPS) is 18.4. The summed E-state index contributed by atoms with van der Waals surface area (Å²) in [7, 11) is 0. The molecule has 1 saturated heterocycles. The molecule has 0 aliphatic carbocycles. The maximum atomic E-state index is 12.0. The van der Waals surface area contributed by atoms with E-state index in [1.165, 1.54) is 12.1 Å². The first-order chi connectivity index (χ1) is 8.99. The van der Waals surface area contributed by atoms with E-state index < -0.39 is 16.9 Å². The van der Waals surface area contributed by atoms with Gasteiger partial charge in [0.2, 0.25) is 5.12 Å². The second-order valence-electron chi connectivity index (χ2n) is 3.90. The molecule has 0 spiro atoms. The van der Waals surface area contributed by atoms with Gasteiger partial charge in [-0.2, -0.15) is 0 Å². The number of nitro groups is 1. The van der Waals surface area contributed by atoms with Gasteiger partial charge < -0.3 is 5.32 Å². The molecule has 1 heterocycles. The molecule has 0 radical (unpaired) electrons. The number of non-ortho nitro benzene ring substituents is 1. The minimum atomic E-state index is -0.607. The second kappa shape index (κ2) is 5.58. The topological polar surface area (TPSA) is 89.3 Å². The summed E-state index contributed by atoms with van der Waals surface area (Å²) in [5.74, 6) is 0.0847. The third-order valence-corrected chi connectivity index (χ3v) is 3.98. The van der Waals surface area contributed by atoms with Crippen molar-refractivity contribution in [2.45, 2.75) is 12.5 Å². The Balaban J connectivity index is 2.20. The van der Waals surface area contributed by atoms with Gasteiger partial charge in [-0.1, -0.05) is 23.4 Å². The van der Waals surface area contributed by atoms with Gasteiger partial charge in [0.25, 0.3) is 11.6 Å². The smallest absolute Gasteiger partial charge is 0.270 e. The van der Waals surface area contributed by atoms with Gasteiger partial charge in [0.05, 0.1) is 21.6 Å². The van der Waals surface area contributed by atoms with Crippen LogP contribution in [0.3, 0.4) is 0 Å². The van der Waals surface area contributed by atoms with Crippen molar-refractivity contribution >= 4 is 40.1 Å². The van der Waals surface area contributed by atoms with Crippen LogP contribution in [0.15, 0.2) is 18.2 Å². The molecule has 19 heavy (non-hydrogen) atoms. The fourth-order valence-corrected chi connectivity index (χ4v) is 2.80. The minimum absolute atomic E-state index is 0.000525. The molecule has 1 aliphatic heterocycles. The maximum absolute atomic E-state index is 12.0. The molecule has 1 aliphatic rings. The number of benzene rings is 1. The van der Waals surface area contributed by atoms with Crippen LogP contribution < -0.4 is 5.32 Å². The van der Waals surface area contributed by atoms with Crippen molar-refractivity contribution in [1.82, 2.24) is 5.32 Å². The number of hydrogen-bond acceptors (Lipinski definition) is 5. The lowest BCUT2D eigenvalue weighted by atomic mass is 10.1. The first kappa shape index (κ1) is 13.8. The predicted octanol–water partition coefficient (Wildman–Crippen LogP) is 2.01. The minimum Gasteiger partial charge on any atom is -0.341 e. The van der Waals surface area contributed by atoms with Gasteiger partial charge >= 0.3 is 0 Å². The van der Waals surface area contributed by atoms with Crippen LogP contribution >= 0.6 is 23.4 Å². The highest BCUT2D eigenvalue weighted by Gasteiger charge is 2.28. The molecule has 1 fully saturated rings. The van der Waals surface area contributed by atoms with Crippen LogP contribution in [0.5, 0.6) is 0 Å². The highest BCUT2D eigenvalue weighted by molar-refractivity contribution is 8.14. The molecule has 1 unspecified atom stereocenters. The van der Waals surface area contributed by atoms with Crippen molar-refractivity contribution in [3.63, 3.8) is 0 Å². The lowest BCUT2D eigenvalue weighted by Crippen LogP contribution is -2.37. The van der Waals surface area contributed by atoms with E-state index in [4.69, 9.17) is 11.6 Å². The molecule has 1 amide bonds. The zero-order valence-corrected chi connectivity index (χ0v) is 11.2. The molecule has 1 N–H and O–H groups in total. The molecule has 100 valence electrons. The number of halogens is 1. The zero-order valence-electron chi connectivity index (χ0n) is 9.59. The monoisotopic (exact) mass is 300 g/mol. The fourth-order valence-electron chi connectivity index (χ4n) is 1.66. The summed E-state index contributed by atoms with van der Waals surface area (Å²) in [6, 6.07) is 3.06. The van der Waals surface area contributed by atoms with Crippen molar-refractivity contribution in [1.29, 1.82) is 0 Å². The first-order valence-corrected chi connectivity index (χ1v) is 6.77. The van der Waals surface area contributed by atoms with Gasteiger partial charge in [-0.25, -0.2) is 0 Å². The number of amides is 1. The standard InChI is InChI=1S/C11H9ClN2O4S/c12-8-2-1-6(14(17)18)5-7(8)10(15)13-9-3-4-19-11(9)16/h1-2,5,9H,3-4H2,(H,13,15). The summed E-state index contributed by atoms with van der Waals surface area (Å²) < 4.78 is 0. The molecule has 1 aromatic rings. The summed E-state index contributed by atoms with van der Waals surface area (Å²) in [6.45, 7) is 0. The fraction of sp³-hybridized carbons (Fsp3) is 0.273. The number of nitro benzene ring substituents is 1. The lowest BCUT2D eigenvalue weighted by Gasteiger charge is -2.10. The SMILES string of the molecule is O=C(NC1CCSC1=O)c1cc([N+](=O)[O-])ccc1Cl. The van der Waals surface area contributed by atoms with Gasteiger partial charge in [-0.3, -0.25) is 19.7 Å². The molecule has 6 nitrogen and oxygen atoms in total. The van der Waals surface area contributed by atoms with E-state index in [0.717, 1.165) is 17.8 Å². The first-order valence-electron chi connectivity index (χ1n) is 5.40. The van der Waals surface area contributed by atoms with Gasteiger partial charge in [-0.15, -0.1) is 0 Å². The third-order valence-electron chi connectivity index (χ3n) is 2.65. The predicted molar refractivity (Wildman–Crippen MR) is 71.4 cm³/mol. The van der Waals surface area contributed by atoms with Gasteiger partial charge in [0, 0.05) is 17.9 Å². The van der Waals surface area contributed by atoms with E-state index in [2.05, 4.69) is 5.32 Å². The van der Waals surface area contributed by atoms with Crippen LogP contribution in [-0.4, -0.2) is 27.7 Å². The second-order valence-corrected chi connectivity index (χ2v) is 5.41. The van der Waals surface area contributed by atoms with Crippen molar-refractivity contribution in [2.24, 2.45) is 0 Å². The molecule has 1 aromatic carbocycles. The molecule has 1 atom stereocenters. The van der Waals surface area contributed by atoms with Crippen molar-refractivity contribution in [3.8, 4) is 0 Å². The Hall–Kier alpha value is -1.60. The quantitative estimate of drug-likeness (QED) is 0.681. The number of carbonyl (C=O) groups is 2. The average molecular weight is 301 g/mol. The number of hydrogen-bond donors (Lipinski definition) is 1. The van der Waals surface area contributed by atoms with E-state index in [1.54, 1.807) is 0 Å². The van der Waals surface area contributed by atoms with E-state index in [-0.39, 0.29) is 21.4 Å². The summed E-state index contributed by atoms with van der Waals surface area (Å²) in [5.41, 5.74) is -0.220. The number of nitrogens with one attached hydrogen (secondary N) is 1. The molecule has 0 bridgehead atoms. The Morgan fingerprint density at radius 3 is 2.84 bits per heavy atom. The van der Waals surface area contributed by atoms with E-state index in [0.29, 0.717) is 12.2 Å². The van der Waals surface area contributed by atoms with Crippen LogP contribution in [0.2, 0.25) is 5.02 Å². The maximum Gasteiger partial charge on any atom is 0.270 e. The zero-order chi connectivity index (χ0) is 14.0. The number of carbonyl (C=O) groups excluding carboxylic acids is 2. The van der Waals surface area contributed by atoms with E-state index in [1.807, 2.05) is 0 Å². The molecule has 0 saturated carbocycles. The molecular formula is C11H9ClN2O4S. The molecule has 8 heteroatoms. The Labute approximate surface area is 117 Å². The summed E-state index contributed by atoms with van der Waals surface area (Å²) in [4.78, 5) is 33.4. The summed E-state index contributed by atoms with van der Waals surface area (Å²) in [5, 5.41) is 13.2. The van der Waals surface area contributed by atoms with Gasteiger partial charge in [0.1, 0.15) is 0 Å². The van der Waals surface area contributed by atoms with Crippen LogP contribution in [0.4, 0.5) is 5.69 Å². The van der Waals surface area contributed by atoms with Crippen molar-refractivity contribution < 1.29 is 14.5 Å². The number of rotatable bonds is 3. The van der Waals surface area contributed by atoms with Crippen molar-refractivity contribution in [2.75, 3.05) is 5.75 Å². The lowest BCUT2D eigenvalue weighted by molar-refractivity contribution is -0.384. The Morgan fingerprint density at radius 2 is 2.26 bits per heavy atom. The molecule has 0 aromatic heterocycles. The third kappa shape index (κ3) is 3.05. The summed E-state index contributed by atoms with van der Waals surface area (Å²) >= 11 is 7.00. The largest absolute Gasteiger partial charge is 0.341 e. The molecule has 2 rings (SSSR count). The highest BCUT2D eigenvalue weighted by atomic mass is 35.5. The Bertz CT molecular complexity index is 564. The van der Waals surface area contributed by atoms with Gasteiger partial charge in [0.15, 0.2) is 0 Å². The van der Waals surface area contributed by atoms with Crippen LogP contribution in [0, 0.1) is 10.1 Å².